The maximum atomic E-state index is 11.3. The van der Waals surface area contributed by atoms with Crippen LogP contribution in [0.15, 0.2) is 35.8 Å². The van der Waals surface area contributed by atoms with E-state index >= 15 is 0 Å². The standard InChI is InChI=1S/C9H12N2O/c1-2-3-6-11-7-4-5-8(10)9(11)12/h2,4-5,7H,1,3,6,10H2. The summed E-state index contributed by atoms with van der Waals surface area (Å²) < 4.78 is 1.58. The van der Waals surface area contributed by atoms with Crippen LogP contribution in [0.3, 0.4) is 0 Å². The second-order valence-corrected chi connectivity index (χ2v) is 2.54. The van der Waals surface area contributed by atoms with Gasteiger partial charge in [0.05, 0.1) is 5.69 Å². The van der Waals surface area contributed by atoms with Gasteiger partial charge in [-0.05, 0) is 18.6 Å². The summed E-state index contributed by atoms with van der Waals surface area (Å²) in [5.74, 6) is 0. The monoisotopic (exact) mass is 164 g/mol. The van der Waals surface area contributed by atoms with Crippen LogP contribution in [0.25, 0.3) is 0 Å². The Balaban J connectivity index is 2.92. The predicted octanol–water partition coefficient (Wildman–Crippen LogP) is 1.01. The molecule has 0 saturated heterocycles. The smallest absolute Gasteiger partial charge is 0.273 e. The summed E-state index contributed by atoms with van der Waals surface area (Å²) in [6, 6.07) is 3.37. The van der Waals surface area contributed by atoms with E-state index in [4.69, 9.17) is 5.73 Å². The van der Waals surface area contributed by atoms with Crippen LogP contribution in [-0.4, -0.2) is 4.57 Å². The largest absolute Gasteiger partial charge is 0.394 e. The Morgan fingerprint density at radius 2 is 2.42 bits per heavy atom. The minimum absolute atomic E-state index is 0.126. The van der Waals surface area contributed by atoms with Gasteiger partial charge in [-0.15, -0.1) is 6.58 Å². The van der Waals surface area contributed by atoms with Gasteiger partial charge in [-0.1, -0.05) is 6.08 Å². The summed E-state index contributed by atoms with van der Waals surface area (Å²) in [7, 11) is 0. The van der Waals surface area contributed by atoms with Crippen LogP contribution in [0.1, 0.15) is 6.42 Å². The van der Waals surface area contributed by atoms with E-state index in [1.807, 2.05) is 0 Å². The summed E-state index contributed by atoms with van der Waals surface area (Å²) in [6.45, 7) is 4.23. The predicted molar refractivity (Wildman–Crippen MR) is 49.9 cm³/mol. The van der Waals surface area contributed by atoms with Crippen molar-refractivity contribution < 1.29 is 0 Å². The number of nitrogens with zero attached hydrogens (tertiary/aromatic N) is 1. The minimum Gasteiger partial charge on any atom is -0.394 e. The van der Waals surface area contributed by atoms with Crippen LogP contribution in [0.2, 0.25) is 0 Å². The van der Waals surface area contributed by atoms with Crippen molar-refractivity contribution in [3.8, 4) is 0 Å². The number of nitrogen functional groups attached to an aromatic ring is 1. The molecule has 12 heavy (non-hydrogen) atoms. The molecule has 0 saturated carbocycles. The zero-order chi connectivity index (χ0) is 8.97. The van der Waals surface area contributed by atoms with Gasteiger partial charge in [-0.2, -0.15) is 0 Å². The van der Waals surface area contributed by atoms with Crippen LogP contribution in [-0.2, 0) is 6.54 Å². The van der Waals surface area contributed by atoms with Crippen molar-refractivity contribution >= 4 is 5.69 Å². The molecule has 2 N–H and O–H groups in total. The first kappa shape index (κ1) is 8.59. The van der Waals surface area contributed by atoms with E-state index in [0.29, 0.717) is 12.2 Å². The highest BCUT2D eigenvalue weighted by Crippen LogP contribution is 1.93. The van der Waals surface area contributed by atoms with Crippen LogP contribution < -0.4 is 11.3 Å². The fourth-order valence-corrected chi connectivity index (χ4v) is 0.962. The summed E-state index contributed by atoms with van der Waals surface area (Å²) in [5.41, 5.74) is 5.60. The Kier molecular flexibility index (Phi) is 2.69. The Labute approximate surface area is 71.1 Å². The lowest BCUT2D eigenvalue weighted by atomic mass is 10.3. The topological polar surface area (TPSA) is 48.0 Å². The molecule has 3 nitrogen and oxygen atoms in total. The van der Waals surface area contributed by atoms with E-state index in [1.165, 1.54) is 0 Å². The lowest BCUT2D eigenvalue weighted by molar-refractivity contribution is 0.684. The Bertz CT molecular complexity index is 328. The maximum Gasteiger partial charge on any atom is 0.273 e. The molecular weight excluding hydrogens is 152 g/mol. The van der Waals surface area contributed by atoms with Gasteiger partial charge in [0, 0.05) is 12.7 Å². The third kappa shape index (κ3) is 1.75. The molecule has 1 aromatic rings. The Hall–Kier alpha value is -1.51. The molecule has 1 rings (SSSR count). The molecule has 1 aromatic heterocycles. The van der Waals surface area contributed by atoms with Gasteiger partial charge in [0.15, 0.2) is 0 Å². The van der Waals surface area contributed by atoms with Crippen molar-refractivity contribution in [3.63, 3.8) is 0 Å². The third-order valence-electron chi connectivity index (χ3n) is 1.62. The van der Waals surface area contributed by atoms with Gasteiger partial charge in [-0.25, -0.2) is 0 Å². The van der Waals surface area contributed by atoms with E-state index < -0.39 is 0 Å². The van der Waals surface area contributed by atoms with Gasteiger partial charge in [0.1, 0.15) is 0 Å². The molecule has 0 aliphatic carbocycles. The molecule has 0 bridgehead atoms. The Morgan fingerprint density at radius 1 is 1.67 bits per heavy atom. The molecule has 0 aliphatic heterocycles. The number of hydrogen-bond acceptors (Lipinski definition) is 2. The van der Waals surface area contributed by atoms with Gasteiger partial charge >= 0.3 is 0 Å². The molecule has 0 radical (unpaired) electrons. The molecule has 0 atom stereocenters. The van der Waals surface area contributed by atoms with E-state index in [0.717, 1.165) is 6.42 Å². The molecule has 0 aliphatic rings. The van der Waals surface area contributed by atoms with E-state index in [1.54, 1.807) is 29.0 Å². The van der Waals surface area contributed by atoms with Gasteiger partial charge in [-0.3, -0.25) is 4.79 Å². The molecule has 0 unspecified atom stereocenters. The highest BCUT2D eigenvalue weighted by molar-refractivity contribution is 5.33. The summed E-state index contributed by atoms with van der Waals surface area (Å²) in [5, 5.41) is 0. The zero-order valence-electron chi connectivity index (χ0n) is 6.86. The number of aromatic nitrogens is 1. The van der Waals surface area contributed by atoms with Crippen molar-refractivity contribution in [1.82, 2.24) is 4.57 Å². The quantitative estimate of drug-likeness (QED) is 0.678. The molecule has 0 aromatic carbocycles. The first-order valence-corrected chi connectivity index (χ1v) is 3.81. The zero-order valence-corrected chi connectivity index (χ0v) is 6.86. The number of aryl methyl sites for hydroxylation is 1. The fourth-order valence-electron chi connectivity index (χ4n) is 0.962. The van der Waals surface area contributed by atoms with Gasteiger partial charge < -0.3 is 10.3 Å². The molecular formula is C9H12N2O. The fraction of sp³-hybridized carbons (Fsp3) is 0.222. The number of anilines is 1. The highest BCUT2D eigenvalue weighted by Gasteiger charge is 1.96. The maximum absolute atomic E-state index is 11.3. The van der Waals surface area contributed by atoms with Crippen molar-refractivity contribution in [2.75, 3.05) is 5.73 Å². The first-order chi connectivity index (χ1) is 5.75. The Morgan fingerprint density at radius 3 is 3.08 bits per heavy atom. The number of pyridine rings is 1. The van der Waals surface area contributed by atoms with Crippen molar-refractivity contribution in [1.29, 1.82) is 0 Å². The van der Waals surface area contributed by atoms with E-state index in [2.05, 4.69) is 6.58 Å². The lowest BCUT2D eigenvalue weighted by Gasteiger charge is -2.02. The van der Waals surface area contributed by atoms with Crippen molar-refractivity contribution in [3.05, 3.63) is 41.3 Å². The van der Waals surface area contributed by atoms with E-state index in [-0.39, 0.29) is 5.56 Å². The van der Waals surface area contributed by atoms with Crippen LogP contribution in [0.4, 0.5) is 5.69 Å². The third-order valence-corrected chi connectivity index (χ3v) is 1.62. The van der Waals surface area contributed by atoms with Gasteiger partial charge in [0.25, 0.3) is 5.56 Å². The first-order valence-electron chi connectivity index (χ1n) is 3.81. The van der Waals surface area contributed by atoms with Gasteiger partial charge in [0.2, 0.25) is 0 Å². The second kappa shape index (κ2) is 3.76. The summed E-state index contributed by atoms with van der Waals surface area (Å²) >= 11 is 0. The normalized spacial score (nSPS) is 9.67. The number of allylic oxidation sites excluding steroid dienone is 1. The van der Waals surface area contributed by atoms with Crippen molar-refractivity contribution in [2.24, 2.45) is 0 Å². The van der Waals surface area contributed by atoms with Crippen LogP contribution in [0.5, 0.6) is 0 Å². The average molecular weight is 164 g/mol. The molecule has 3 heteroatoms. The number of hydrogen-bond donors (Lipinski definition) is 1. The number of nitrogens with two attached hydrogens (primary N) is 1. The van der Waals surface area contributed by atoms with Crippen LogP contribution >= 0.6 is 0 Å². The molecule has 0 fully saturated rings. The molecule has 0 amide bonds. The van der Waals surface area contributed by atoms with Crippen molar-refractivity contribution in [2.45, 2.75) is 13.0 Å². The molecule has 64 valence electrons. The summed E-state index contributed by atoms with van der Waals surface area (Å²) in [4.78, 5) is 11.3. The number of rotatable bonds is 3. The molecule has 1 heterocycles. The summed E-state index contributed by atoms with van der Waals surface area (Å²) in [6.07, 6.45) is 4.28. The SMILES string of the molecule is C=CCCn1cccc(N)c1=O. The lowest BCUT2D eigenvalue weighted by Crippen LogP contribution is -2.21. The highest BCUT2D eigenvalue weighted by atomic mass is 16.1. The molecule has 0 spiro atoms. The second-order valence-electron chi connectivity index (χ2n) is 2.54. The van der Waals surface area contributed by atoms with Crippen LogP contribution in [0, 0.1) is 0 Å². The minimum atomic E-state index is -0.126. The van der Waals surface area contributed by atoms with E-state index in [9.17, 15) is 4.79 Å². The average Bonchev–Trinajstić information content (AvgIpc) is 2.08.